The Morgan fingerprint density at radius 2 is 1.65 bits per heavy atom. The van der Waals surface area contributed by atoms with Crippen molar-refractivity contribution in [2.24, 2.45) is 0 Å². The van der Waals surface area contributed by atoms with E-state index >= 15 is 0 Å². The van der Waals surface area contributed by atoms with Crippen LogP contribution in [0.25, 0.3) is 0 Å². The van der Waals surface area contributed by atoms with E-state index in [2.05, 4.69) is 20.6 Å². The highest BCUT2D eigenvalue weighted by Gasteiger charge is 2.11. The SMILES string of the molecule is Cc1cc(C)c(NC(=O)c2cnc(Nc3cccc(F)c3)nc2)c(C)c1. The first-order valence-electron chi connectivity index (χ1n) is 8.16. The van der Waals surface area contributed by atoms with Crippen LogP contribution in [0.2, 0.25) is 0 Å². The molecule has 0 aliphatic heterocycles. The molecule has 1 amide bonds. The van der Waals surface area contributed by atoms with E-state index in [1.165, 1.54) is 24.5 Å². The van der Waals surface area contributed by atoms with Crippen LogP contribution >= 0.6 is 0 Å². The molecule has 5 nitrogen and oxygen atoms in total. The van der Waals surface area contributed by atoms with Crippen molar-refractivity contribution >= 4 is 23.2 Å². The number of nitrogens with zero attached hydrogens (tertiary/aromatic N) is 2. The molecule has 0 saturated carbocycles. The van der Waals surface area contributed by atoms with E-state index in [1.54, 1.807) is 12.1 Å². The van der Waals surface area contributed by atoms with Gasteiger partial charge in [-0.05, 0) is 50.1 Å². The van der Waals surface area contributed by atoms with E-state index < -0.39 is 0 Å². The lowest BCUT2D eigenvalue weighted by atomic mass is 10.0. The fourth-order valence-corrected chi connectivity index (χ4v) is 2.77. The number of halogens is 1. The molecule has 132 valence electrons. The van der Waals surface area contributed by atoms with Gasteiger partial charge in [-0.1, -0.05) is 23.8 Å². The third-order valence-corrected chi connectivity index (χ3v) is 3.91. The van der Waals surface area contributed by atoms with Crippen LogP contribution in [0.3, 0.4) is 0 Å². The quantitative estimate of drug-likeness (QED) is 0.725. The van der Waals surface area contributed by atoms with Crippen molar-refractivity contribution in [3.8, 4) is 0 Å². The Morgan fingerprint density at radius 3 is 2.27 bits per heavy atom. The molecule has 26 heavy (non-hydrogen) atoms. The Morgan fingerprint density at radius 1 is 1.00 bits per heavy atom. The zero-order chi connectivity index (χ0) is 18.7. The molecule has 0 unspecified atom stereocenters. The molecule has 3 rings (SSSR count). The minimum Gasteiger partial charge on any atom is -0.324 e. The lowest BCUT2D eigenvalue weighted by Gasteiger charge is -2.13. The molecule has 1 heterocycles. The maximum atomic E-state index is 13.2. The first-order valence-corrected chi connectivity index (χ1v) is 8.16. The van der Waals surface area contributed by atoms with Gasteiger partial charge in [-0.15, -0.1) is 0 Å². The molecular weight excluding hydrogens is 331 g/mol. The molecule has 0 aliphatic carbocycles. The number of carbonyl (C=O) groups excluding carboxylic acids is 1. The summed E-state index contributed by atoms with van der Waals surface area (Å²) in [6.45, 7) is 5.93. The van der Waals surface area contributed by atoms with E-state index in [0.29, 0.717) is 11.3 Å². The molecule has 0 spiro atoms. The van der Waals surface area contributed by atoms with Crippen molar-refractivity contribution in [1.82, 2.24) is 9.97 Å². The zero-order valence-corrected chi connectivity index (χ0v) is 14.8. The van der Waals surface area contributed by atoms with Gasteiger partial charge in [-0.25, -0.2) is 14.4 Å². The summed E-state index contributed by atoms with van der Waals surface area (Å²) < 4.78 is 13.2. The summed E-state index contributed by atoms with van der Waals surface area (Å²) >= 11 is 0. The fourth-order valence-electron chi connectivity index (χ4n) is 2.77. The summed E-state index contributed by atoms with van der Waals surface area (Å²) in [4.78, 5) is 20.7. The predicted molar refractivity (Wildman–Crippen MR) is 100 cm³/mol. The normalized spacial score (nSPS) is 10.5. The Labute approximate surface area is 151 Å². The van der Waals surface area contributed by atoms with Gasteiger partial charge in [0.1, 0.15) is 5.82 Å². The number of amides is 1. The smallest absolute Gasteiger partial charge is 0.258 e. The Hall–Kier alpha value is -3.28. The maximum absolute atomic E-state index is 13.2. The first-order chi connectivity index (χ1) is 12.4. The summed E-state index contributed by atoms with van der Waals surface area (Å²) in [6, 6.07) is 10.0. The Balaban J connectivity index is 1.73. The van der Waals surface area contributed by atoms with Gasteiger partial charge in [-0.3, -0.25) is 4.79 Å². The number of aryl methyl sites for hydroxylation is 3. The highest BCUT2D eigenvalue weighted by Crippen LogP contribution is 2.22. The second-order valence-electron chi connectivity index (χ2n) is 6.16. The monoisotopic (exact) mass is 350 g/mol. The third-order valence-electron chi connectivity index (χ3n) is 3.91. The van der Waals surface area contributed by atoms with Crippen molar-refractivity contribution < 1.29 is 9.18 Å². The van der Waals surface area contributed by atoms with Gasteiger partial charge in [0.15, 0.2) is 0 Å². The van der Waals surface area contributed by atoms with Gasteiger partial charge in [0, 0.05) is 23.8 Å². The second-order valence-corrected chi connectivity index (χ2v) is 6.16. The Kier molecular flexibility index (Phi) is 4.93. The van der Waals surface area contributed by atoms with Crippen LogP contribution in [-0.4, -0.2) is 15.9 Å². The van der Waals surface area contributed by atoms with E-state index in [0.717, 1.165) is 22.4 Å². The number of aromatic nitrogens is 2. The largest absolute Gasteiger partial charge is 0.324 e. The number of anilines is 3. The average molecular weight is 350 g/mol. The lowest BCUT2D eigenvalue weighted by molar-refractivity contribution is 0.102. The highest BCUT2D eigenvalue weighted by atomic mass is 19.1. The summed E-state index contributed by atoms with van der Waals surface area (Å²) in [5.74, 6) is -0.345. The van der Waals surface area contributed by atoms with Crippen LogP contribution in [0, 0.1) is 26.6 Å². The molecule has 0 aliphatic rings. The number of carbonyl (C=O) groups is 1. The molecule has 0 bridgehead atoms. The topological polar surface area (TPSA) is 66.9 Å². The highest BCUT2D eigenvalue weighted by molar-refractivity contribution is 6.04. The van der Waals surface area contributed by atoms with Gasteiger partial charge < -0.3 is 10.6 Å². The number of hydrogen-bond acceptors (Lipinski definition) is 4. The molecule has 0 atom stereocenters. The van der Waals surface area contributed by atoms with Gasteiger partial charge in [0.05, 0.1) is 5.56 Å². The maximum Gasteiger partial charge on any atom is 0.258 e. The van der Waals surface area contributed by atoms with E-state index in [1.807, 2.05) is 32.9 Å². The molecule has 6 heteroatoms. The van der Waals surface area contributed by atoms with Crippen LogP contribution in [-0.2, 0) is 0 Å². The van der Waals surface area contributed by atoms with Crippen molar-refractivity contribution in [2.75, 3.05) is 10.6 Å². The molecule has 0 radical (unpaired) electrons. The van der Waals surface area contributed by atoms with Crippen LogP contribution in [0.4, 0.5) is 21.7 Å². The predicted octanol–water partition coefficient (Wildman–Crippen LogP) is 4.54. The first kappa shape index (κ1) is 17.5. The molecule has 2 aromatic carbocycles. The van der Waals surface area contributed by atoms with Crippen LogP contribution in [0.15, 0.2) is 48.8 Å². The molecule has 0 fully saturated rings. The zero-order valence-electron chi connectivity index (χ0n) is 14.8. The van der Waals surface area contributed by atoms with Crippen LogP contribution < -0.4 is 10.6 Å². The lowest BCUT2D eigenvalue weighted by Crippen LogP contribution is -2.15. The van der Waals surface area contributed by atoms with Crippen LogP contribution in [0.1, 0.15) is 27.0 Å². The van der Waals surface area contributed by atoms with Crippen molar-refractivity contribution in [2.45, 2.75) is 20.8 Å². The Bertz CT molecular complexity index is 931. The van der Waals surface area contributed by atoms with Gasteiger partial charge >= 0.3 is 0 Å². The summed E-state index contributed by atoms with van der Waals surface area (Å²) in [5.41, 5.74) is 4.82. The summed E-state index contributed by atoms with van der Waals surface area (Å²) in [7, 11) is 0. The van der Waals surface area contributed by atoms with Gasteiger partial charge in [0.2, 0.25) is 5.95 Å². The number of hydrogen-bond donors (Lipinski definition) is 2. The van der Waals surface area contributed by atoms with E-state index in [-0.39, 0.29) is 17.7 Å². The molecular formula is C20H19FN4O. The van der Waals surface area contributed by atoms with Crippen molar-refractivity contribution in [1.29, 1.82) is 0 Å². The minimum absolute atomic E-state index is 0.280. The molecule has 2 N–H and O–H groups in total. The van der Waals surface area contributed by atoms with E-state index in [9.17, 15) is 9.18 Å². The molecule has 0 saturated heterocycles. The minimum atomic E-state index is -0.352. The molecule has 3 aromatic rings. The average Bonchev–Trinajstić information content (AvgIpc) is 2.58. The third kappa shape index (κ3) is 4.03. The van der Waals surface area contributed by atoms with E-state index in [4.69, 9.17) is 0 Å². The number of nitrogens with one attached hydrogen (secondary N) is 2. The van der Waals surface area contributed by atoms with Gasteiger partial charge in [-0.2, -0.15) is 0 Å². The van der Waals surface area contributed by atoms with Gasteiger partial charge in [0.25, 0.3) is 5.91 Å². The number of benzene rings is 2. The van der Waals surface area contributed by atoms with Crippen molar-refractivity contribution in [3.05, 3.63) is 76.9 Å². The second kappa shape index (κ2) is 7.31. The number of rotatable bonds is 4. The summed E-state index contributed by atoms with van der Waals surface area (Å²) in [6.07, 6.45) is 2.87. The molecule has 1 aromatic heterocycles. The fraction of sp³-hybridized carbons (Fsp3) is 0.150. The van der Waals surface area contributed by atoms with Crippen molar-refractivity contribution in [3.63, 3.8) is 0 Å². The summed E-state index contributed by atoms with van der Waals surface area (Å²) in [5, 5.41) is 5.80. The standard InChI is InChI=1S/C20H19FN4O/c1-12-7-13(2)18(14(3)8-12)25-19(26)15-10-22-20(23-11-15)24-17-6-4-5-16(21)9-17/h4-11H,1-3H3,(H,25,26)(H,22,23,24). The van der Waals surface area contributed by atoms with Crippen LogP contribution in [0.5, 0.6) is 0 Å².